The van der Waals surface area contributed by atoms with Crippen molar-refractivity contribution in [3.8, 4) is 0 Å². The van der Waals surface area contributed by atoms with Crippen molar-refractivity contribution < 1.29 is 9.53 Å². The number of ether oxygens (including phenoxy) is 1. The molecular formula is C14H19N3O2. The molecule has 102 valence electrons. The first-order valence-corrected chi connectivity index (χ1v) is 6.28. The average molecular weight is 261 g/mol. The van der Waals surface area contributed by atoms with E-state index in [9.17, 15) is 4.79 Å². The van der Waals surface area contributed by atoms with E-state index < -0.39 is 0 Å². The number of fused-ring (bicyclic) bond motifs is 1. The number of hydrogen-bond donors (Lipinski definition) is 2. The first-order valence-electron chi connectivity index (χ1n) is 6.28. The molecule has 0 radical (unpaired) electrons. The monoisotopic (exact) mass is 261 g/mol. The normalized spacial score (nSPS) is 10.8. The molecule has 0 unspecified atom stereocenters. The van der Waals surface area contributed by atoms with E-state index in [1.807, 2.05) is 30.5 Å². The van der Waals surface area contributed by atoms with Crippen LogP contribution in [0.15, 0.2) is 30.5 Å². The lowest BCUT2D eigenvalue weighted by atomic mass is 10.1. The van der Waals surface area contributed by atoms with Crippen LogP contribution >= 0.6 is 0 Å². The molecule has 0 saturated heterocycles. The van der Waals surface area contributed by atoms with Gasteiger partial charge in [0.2, 0.25) is 5.91 Å². The van der Waals surface area contributed by atoms with Gasteiger partial charge in [0.1, 0.15) is 0 Å². The van der Waals surface area contributed by atoms with E-state index in [0.717, 1.165) is 16.5 Å². The van der Waals surface area contributed by atoms with E-state index in [4.69, 9.17) is 10.5 Å². The molecule has 2 aromatic rings. The van der Waals surface area contributed by atoms with Gasteiger partial charge in [-0.15, -0.1) is 0 Å². The van der Waals surface area contributed by atoms with Crippen molar-refractivity contribution >= 4 is 16.8 Å². The summed E-state index contributed by atoms with van der Waals surface area (Å²) in [5.74, 6) is -0.0673. The molecule has 5 heteroatoms. The fourth-order valence-corrected chi connectivity index (χ4v) is 2.09. The van der Waals surface area contributed by atoms with Gasteiger partial charge in [-0.05, 0) is 11.6 Å². The lowest BCUT2D eigenvalue weighted by Crippen LogP contribution is -2.37. The number of benzene rings is 1. The van der Waals surface area contributed by atoms with E-state index in [-0.39, 0.29) is 12.5 Å². The van der Waals surface area contributed by atoms with Gasteiger partial charge in [0, 0.05) is 37.3 Å². The van der Waals surface area contributed by atoms with E-state index in [1.54, 1.807) is 12.0 Å². The average Bonchev–Trinajstić information content (AvgIpc) is 2.86. The molecule has 0 aliphatic carbocycles. The third-order valence-corrected chi connectivity index (χ3v) is 3.13. The van der Waals surface area contributed by atoms with Crippen LogP contribution in [0.2, 0.25) is 0 Å². The highest BCUT2D eigenvalue weighted by Crippen LogP contribution is 2.19. The minimum absolute atomic E-state index is 0.0199. The highest BCUT2D eigenvalue weighted by molar-refractivity contribution is 5.84. The van der Waals surface area contributed by atoms with Crippen molar-refractivity contribution in [1.82, 2.24) is 9.88 Å². The molecule has 1 heterocycles. The maximum Gasteiger partial charge on any atom is 0.236 e. The summed E-state index contributed by atoms with van der Waals surface area (Å²) in [5, 5.41) is 1.13. The summed E-state index contributed by atoms with van der Waals surface area (Å²) in [6.45, 7) is 1.62. The fraction of sp³-hybridized carbons (Fsp3) is 0.357. The predicted octanol–water partition coefficient (Wildman–Crippen LogP) is 1.10. The minimum Gasteiger partial charge on any atom is -0.383 e. The summed E-state index contributed by atoms with van der Waals surface area (Å²) in [6, 6.07) is 8.03. The summed E-state index contributed by atoms with van der Waals surface area (Å²) >= 11 is 0. The molecule has 1 aromatic carbocycles. The molecule has 5 nitrogen and oxygen atoms in total. The lowest BCUT2D eigenvalue weighted by molar-refractivity contribution is -0.130. The Kier molecular flexibility index (Phi) is 4.54. The topological polar surface area (TPSA) is 71.3 Å². The van der Waals surface area contributed by atoms with Gasteiger partial charge in [-0.3, -0.25) is 4.79 Å². The number of hydrogen-bond acceptors (Lipinski definition) is 3. The Bertz CT molecular complexity index is 550. The van der Waals surface area contributed by atoms with Crippen LogP contribution in [0.5, 0.6) is 0 Å². The third-order valence-electron chi connectivity index (χ3n) is 3.13. The first-order chi connectivity index (χ1) is 9.26. The second kappa shape index (κ2) is 6.36. The molecule has 19 heavy (non-hydrogen) atoms. The molecule has 2 rings (SSSR count). The van der Waals surface area contributed by atoms with Crippen LogP contribution in [-0.2, 0) is 16.1 Å². The summed E-state index contributed by atoms with van der Waals surface area (Å²) in [6.07, 6.45) is 1.94. The predicted molar refractivity (Wildman–Crippen MR) is 74.6 cm³/mol. The SMILES string of the molecule is COCCN(Cc1c[nH]c2ccccc12)C(=O)CN. The molecular weight excluding hydrogens is 242 g/mol. The van der Waals surface area contributed by atoms with Gasteiger partial charge >= 0.3 is 0 Å². The molecule has 0 spiro atoms. The number of amides is 1. The molecule has 1 amide bonds. The van der Waals surface area contributed by atoms with E-state index >= 15 is 0 Å². The Morgan fingerprint density at radius 1 is 1.42 bits per heavy atom. The van der Waals surface area contributed by atoms with E-state index in [1.165, 1.54) is 0 Å². The summed E-state index contributed by atoms with van der Waals surface area (Å²) in [4.78, 5) is 16.7. The summed E-state index contributed by atoms with van der Waals surface area (Å²) in [7, 11) is 1.62. The van der Waals surface area contributed by atoms with Gasteiger partial charge < -0.3 is 20.4 Å². The van der Waals surface area contributed by atoms with Crippen LogP contribution in [0, 0.1) is 0 Å². The quantitative estimate of drug-likeness (QED) is 0.818. The Morgan fingerprint density at radius 3 is 2.95 bits per heavy atom. The van der Waals surface area contributed by atoms with Gasteiger partial charge in [0.05, 0.1) is 13.2 Å². The molecule has 0 bridgehead atoms. The second-order valence-electron chi connectivity index (χ2n) is 4.37. The minimum atomic E-state index is -0.0673. The first kappa shape index (κ1) is 13.6. The number of nitrogens with two attached hydrogens (primary N) is 1. The third kappa shape index (κ3) is 3.13. The Balaban J connectivity index is 2.18. The number of H-pyrrole nitrogens is 1. The number of nitrogens with one attached hydrogen (secondary N) is 1. The number of carbonyl (C=O) groups is 1. The number of aromatic nitrogens is 1. The standard InChI is InChI=1S/C14H19N3O2/c1-19-7-6-17(14(18)8-15)10-11-9-16-13-5-3-2-4-12(11)13/h2-5,9,16H,6-8,10,15H2,1H3. The summed E-state index contributed by atoms with van der Waals surface area (Å²) < 4.78 is 5.03. The van der Waals surface area contributed by atoms with Crippen LogP contribution in [0.1, 0.15) is 5.56 Å². The molecule has 3 N–H and O–H groups in total. The van der Waals surface area contributed by atoms with Crippen molar-refractivity contribution in [2.24, 2.45) is 5.73 Å². The van der Waals surface area contributed by atoms with Crippen LogP contribution < -0.4 is 5.73 Å². The number of rotatable bonds is 6. The highest BCUT2D eigenvalue weighted by Gasteiger charge is 2.14. The maximum atomic E-state index is 11.8. The molecule has 0 atom stereocenters. The number of methoxy groups -OCH3 is 1. The number of nitrogens with zero attached hydrogens (tertiary/aromatic N) is 1. The van der Waals surface area contributed by atoms with Gasteiger partial charge in [-0.25, -0.2) is 0 Å². The lowest BCUT2D eigenvalue weighted by Gasteiger charge is -2.21. The zero-order chi connectivity index (χ0) is 13.7. The van der Waals surface area contributed by atoms with Gasteiger partial charge in [0.25, 0.3) is 0 Å². The zero-order valence-electron chi connectivity index (χ0n) is 11.1. The summed E-state index contributed by atoms with van der Waals surface area (Å²) in [5.41, 5.74) is 7.61. The Morgan fingerprint density at radius 2 is 2.21 bits per heavy atom. The number of aromatic amines is 1. The van der Waals surface area contributed by atoms with Crippen molar-refractivity contribution in [1.29, 1.82) is 0 Å². The van der Waals surface area contributed by atoms with Crippen molar-refractivity contribution in [3.05, 3.63) is 36.0 Å². The largest absolute Gasteiger partial charge is 0.383 e. The molecule has 0 fully saturated rings. The molecule has 0 saturated carbocycles. The smallest absolute Gasteiger partial charge is 0.236 e. The number of para-hydroxylation sites is 1. The number of carbonyl (C=O) groups excluding carboxylic acids is 1. The zero-order valence-corrected chi connectivity index (χ0v) is 11.1. The van der Waals surface area contributed by atoms with Crippen molar-refractivity contribution in [2.45, 2.75) is 6.54 Å². The molecule has 0 aliphatic heterocycles. The molecule has 1 aromatic heterocycles. The maximum absolute atomic E-state index is 11.8. The van der Waals surface area contributed by atoms with Gasteiger partial charge in [-0.1, -0.05) is 18.2 Å². The molecule has 0 aliphatic rings. The second-order valence-corrected chi connectivity index (χ2v) is 4.37. The van der Waals surface area contributed by atoms with Gasteiger partial charge in [0.15, 0.2) is 0 Å². The highest BCUT2D eigenvalue weighted by atomic mass is 16.5. The van der Waals surface area contributed by atoms with Crippen LogP contribution in [0.4, 0.5) is 0 Å². The Labute approximate surface area is 112 Å². The van der Waals surface area contributed by atoms with E-state index in [0.29, 0.717) is 19.7 Å². The van der Waals surface area contributed by atoms with Gasteiger partial charge in [-0.2, -0.15) is 0 Å². The van der Waals surface area contributed by atoms with Crippen LogP contribution in [-0.4, -0.2) is 42.6 Å². The van der Waals surface area contributed by atoms with E-state index in [2.05, 4.69) is 4.98 Å². The van der Waals surface area contributed by atoms with Crippen LogP contribution in [0.25, 0.3) is 10.9 Å². The Hall–Kier alpha value is -1.85. The van der Waals surface area contributed by atoms with Crippen molar-refractivity contribution in [3.63, 3.8) is 0 Å². The van der Waals surface area contributed by atoms with Crippen molar-refractivity contribution in [2.75, 3.05) is 26.8 Å². The fourth-order valence-electron chi connectivity index (χ4n) is 2.09. The van der Waals surface area contributed by atoms with Crippen LogP contribution in [0.3, 0.4) is 0 Å².